The summed E-state index contributed by atoms with van der Waals surface area (Å²) in [4.78, 5) is 11.5. The number of nitrogens with one attached hydrogen (secondary N) is 1. The number of hydrogen-bond donors (Lipinski definition) is 3. The van der Waals surface area contributed by atoms with Crippen LogP contribution in [0, 0.1) is 0 Å². The Morgan fingerprint density at radius 3 is 2.94 bits per heavy atom. The molecule has 17 heavy (non-hydrogen) atoms. The number of aromatic nitrogens is 3. The Labute approximate surface area is 97.0 Å². The number of H-pyrrole nitrogens is 1. The molecular formula is C12H10N4O. The molecule has 0 atom stereocenters. The average Bonchev–Trinajstić information content (AvgIpc) is 2.72. The number of imidazole rings is 1. The zero-order valence-electron chi connectivity index (χ0n) is 8.88. The first kappa shape index (κ1) is 9.65. The SMILES string of the molecule is Nc1cnccc1-c1nc2ccc(O)cc2[nH]1. The fourth-order valence-corrected chi connectivity index (χ4v) is 1.75. The van der Waals surface area contributed by atoms with Crippen molar-refractivity contribution in [2.45, 2.75) is 0 Å². The van der Waals surface area contributed by atoms with Gasteiger partial charge in [0, 0.05) is 17.8 Å². The lowest BCUT2D eigenvalue weighted by molar-refractivity contribution is 0.476. The minimum atomic E-state index is 0.204. The smallest absolute Gasteiger partial charge is 0.140 e. The molecule has 2 heterocycles. The summed E-state index contributed by atoms with van der Waals surface area (Å²) in [5.74, 6) is 0.876. The number of aromatic amines is 1. The third kappa shape index (κ3) is 1.57. The number of nitrogen functional groups attached to an aromatic ring is 1. The normalized spacial score (nSPS) is 10.8. The second kappa shape index (κ2) is 3.48. The van der Waals surface area contributed by atoms with E-state index in [0.29, 0.717) is 11.5 Å². The van der Waals surface area contributed by atoms with Crippen LogP contribution in [-0.2, 0) is 0 Å². The predicted octanol–water partition coefficient (Wildman–Crippen LogP) is 1.91. The second-order valence-corrected chi connectivity index (χ2v) is 3.75. The molecular weight excluding hydrogens is 216 g/mol. The Kier molecular flexibility index (Phi) is 1.98. The third-order valence-corrected chi connectivity index (χ3v) is 2.57. The summed E-state index contributed by atoms with van der Waals surface area (Å²) in [7, 11) is 0. The predicted molar refractivity (Wildman–Crippen MR) is 65.4 cm³/mol. The van der Waals surface area contributed by atoms with Crippen LogP contribution in [0.1, 0.15) is 0 Å². The fraction of sp³-hybridized carbons (Fsp3) is 0. The molecule has 0 radical (unpaired) electrons. The van der Waals surface area contributed by atoms with Gasteiger partial charge in [-0.05, 0) is 18.2 Å². The van der Waals surface area contributed by atoms with E-state index in [1.54, 1.807) is 36.7 Å². The second-order valence-electron chi connectivity index (χ2n) is 3.75. The number of anilines is 1. The first-order chi connectivity index (χ1) is 8.24. The highest BCUT2D eigenvalue weighted by atomic mass is 16.3. The maximum Gasteiger partial charge on any atom is 0.140 e. The standard InChI is InChI=1S/C12H10N4O/c13-9-6-14-4-3-8(9)12-15-10-2-1-7(17)5-11(10)16-12/h1-6,17H,13H2,(H,15,16). The van der Waals surface area contributed by atoms with Crippen LogP contribution in [0.25, 0.3) is 22.4 Å². The molecule has 0 unspecified atom stereocenters. The topological polar surface area (TPSA) is 87.8 Å². The molecule has 0 saturated carbocycles. The van der Waals surface area contributed by atoms with Gasteiger partial charge < -0.3 is 15.8 Å². The van der Waals surface area contributed by atoms with E-state index in [2.05, 4.69) is 15.0 Å². The molecule has 1 aromatic carbocycles. The lowest BCUT2D eigenvalue weighted by Gasteiger charge is -1.99. The molecule has 0 aliphatic heterocycles. The van der Waals surface area contributed by atoms with E-state index in [9.17, 15) is 5.11 Å². The first-order valence-corrected chi connectivity index (χ1v) is 5.12. The molecule has 2 aromatic heterocycles. The van der Waals surface area contributed by atoms with E-state index >= 15 is 0 Å². The van der Waals surface area contributed by atoms with Gasteiger partial charge in [0.15, 0.2) is 0 Å². The monoisotopic (exact) mass is 226 g/mol. The number of nitrogens with two attached hydrogens (primary N) is 1. The number of nitrogens with zero attached hydrogens (tertiary/aromatic N) is 2. The third-order valence-electron chi connectivity index (χ3n) is 2.57. The van der Waals surface area contributed by atoms with Crippen molar-refractivity contribution >= 4 is 16.7 Å². The van der Waals surface area contributed by atoms with Crippen LogP contribution in [0.4, 0.5) is 5.69 Å². The molecule has 5 nitrogen and oxygen atoms in total. The largest absolute Gasteiger partial charge is 0.508 e. The van der Waals surface area contributed by atoms with E-state index in [0.717, 1.165) is 16.6 Å². The van der Waals surface area contributed by atoms with Crippen LogP contribution < -0.4 is 5.73 Å². The van der Waals surface area contributed by atoms with Gasteiger partial charge >= 0.3 is 0 Å². The highest BCUT2D eigenvalue weighted by Gasteiger charge is 2.08. The van der Waals surface area contributed by atoms with Gasteiger partial charge in [0.1, 0.15) is 11.6 Å². The number of phenols is 1. The number of fused-ring (bicyclic) bond motifs is 1. The first-order valence-electron chi connectivity index (χ1n) is 5.12. The van der Waals surface area contributed by atoms with E-state index in [1.807, 2.05) is 0 Å². The van der Waals surface area contributed by atoms with Crippen LogP contribution in [0.2, 0.25) is 0 Å². The molecule has 0 aliphatic carbocycles. The van der Waals surface area contributed by atoms with Crippen molar-refractivity contribution in [1.82, 2.24) is 15.0 Å². The Hall–Kier alpha value is -2.56. The zero-order valence-corrected chi connectivity index (χ0v) is 8.88. The van der Waals surface area contributed by atoms with Gasteiger partial charge in [-0.1, -0.05) is 0 Å². The average molecular weight is 226 g/mol. The summed E-state index contributed by atoms with van der Waals surface area (Å²) in [5.41, 5.74) is 8.76. The summed E-state index contributed by atoms with van der Waals surface area (Å²) in [6.07, 6.45) is 3.25. The van der Waals surface area contributed by atoms with Crippen LogP contribution in [0.5, 0.6) is 5.75 Å². The summed E-state index contributed by atoms with van der Waals surface area (Å²) in [6.45, 7) is 0. The molecule has 0 bridgehead atoms. The molecule has 5 heteroatoms. The minimum Gasteiger partial charge on any atom is -0.508 e. The molecule has 4 N–H and O–H groups in total. The van der Waals surface area contributed by atoms with Crippen molar-refractivity contribution in [3.8, 4) is 17.1 Å². The Balaban J connectivity index is 2.22. The molecule has 3 rings (SSSR count). The molecule has 0 aliphatic rings. The molecule has 0 spiro atoms. The summed E-state index contributed by atoms with van der Waals surface area (Å²) in [6, 6.07) is 6.78. The van der Waals surface area contributed by atoms with Crippen molar-refractivity contribution in [2.75, 3.05) is 5.73 Å². The van der Waals surface area contributed by atoms with Gasteiger partial charge in [0.2, 0.25) is 0 Å². The van der Waals surface area contributed by atoms with Gasteiger partial charge in [-0.2, -0.15) is 0 Å². The molecule has 0 amide bonds. The lowest BCUT2D eigenvalue weighted by Crippen LogP contribution is -1.91. The van der Waals surface area contributed by atoms with Crippen molar-refractivity contribution in [3.05, 3.63) is 36.7 Å². The molecule has 84 valence electrons. The quantitative estimate of drug-likeness (QED) is 0.591. The number of pyridine rings is 1. The number of aromatic hydroxyl groups is 1. The minimum absolute atomic E-state index is 0.204. The maximum atomic E-state index is 9.38. The molecule has 3 aromatic rings. The van der Waals surface area contributed by atoms with Crippen LogP contribution >= 0.6 is 0 Å². The van der Waals surface area contributed by atoms with E-state index < -0.39 is 0 Å². The van der Waals surface area contributed by atoms with Crippen molar-refractivity contribution < 1.29 is 5.11 Å². The number of hydrogen-bond acceptors (Lipinski definition) is 4. The highest BCUT2D eigenvalue weighted by molar-refractivity contribution is 5.83. The van der Waals surface area contributed by atoms with Gasteiger partial charge in [-0.15, -0.1) is 0 Å². The summed E-state index contributed by atoms with van der Waals surface area (Å²) >= 11 is 0. The van der Waals surface area contributed by atoms with E-state index in [4.69, 9.17) is 5.73 Å². The number of benzene rings is 1. The van der Waals surface area contributed by atoms with Gasteiger partial charge in [-0.25, -0.2) is 4.98 Å². The summed E-state index contributed by atoms with van der Waals surface area (Å²) in [5, 5.41) is 9.38. The van der Waals surface area contributed by atoms with Crippen molar-refractivity contribution in [2.24, 2.45) is 0 Å². The van der Waals surface area contributed by atoms with Crippen LogP contribution in [0.3, 0.4) is 0 Å². The highest BCUT2D eigenvalue weighted by Crippen LogP contribution is 2.26. The van der Waals surface area contributed by atoms with E-state index in [-0.39, 0.29) is 5.75 Å². The van der Waals surface area contributed by atoms with Crippen LogP contribution in [-0.4, -0.2) is 20.1 Å². The van der Waals surface area contributed by atoms with Gasteiger partial charge in [0.05, 0.1) is 22.9 Å². The molecule has 0 saturated heterocycles. The van der Waals surface area contributed by atoms with Crippen molar-refractivity contribution in [3.63, 3.8) is 0 Å². The Morgan fingerprint density at radius 1 is 1.24 bits per heavy atom. The number of rotatable bonds is 1. The fourth-order valence-electron chi connectivity index (χ4n) is 1.75. The Bertz CT molecular complexity index is 690. The lowest BCUT2D eigenvalue weighted by atomic mass is 10.2. The molecule has 0 fully saturated rings. The van der Waals surface area contributed by atoms with Gasteiger partial charge in [-0.3, -0.25) is 4.98 Å². The van der Waals surface area contributed by atoms with E-state index in [1.165, 1.54) is 0 Å². The maximum absolute atomic E-state index is 9.38. The van der Waals surface area contributed by atoms with Crippen molar-refractivity contribution in [1.29, 1.82) is 0 Å². The van der Waals surface area contributed by atoms with Gasteiger partial charge in [0.25, 0.3) is 0 Å². The summed E-state index contributed by atoms with van der Waals surface area (Å²) < 4.78 is 0. The number of phenolic OH excluding ortho intramolecular Hbond substituents is 1. The Morgan fingerprint density at radius 2 is 2.12 bits per heavy atom. The van der Waals surface area contributed by atoms with Crippen LogP contribution in [0.15, 0.2) is 36.7 Å². The zero-order chi connectivity index (χ0) is 11.8.